The van der Waals surface area contributed by atoms with Gasteiger partial charge in [-0.15, -0.1) is 9.36 Å². The van der Waals surface area contributed by atoms with Crippen molar-refractivity contribution in [2.45, 2.75) is 91.0 Å². The Morgan fingerprint density at radius 2 is 1.35 bits per heavy atom. The van der Waals surface area contributed by atoms with Gasteiger partial charge in [-0.05, 0) is 31.0 Å². The molecule has 31 heavy (non-hydrogen) atoms. The van der Waals surface area contributed by atoms with Gasteiger partial charge in [-0.3, -0.25) is 0 Å². The largest absolute Gasteiger partial charge is 0.168 e. The molecule has 0 aliphatic carbocycles. The predicted octanol–water partition coefficient (Wildman–Crippen LogP) is 6.98. The number of aryl methyl sites for hydroxylation is 2. The van der Waals surface area contributed by atoms with Crippen LogP contribution in [0, 0.1) is 6.92 Å². The molecule has 3 heteroatoms. The zero-order valence-corrected chi connectivity index (χ0v) is 19.6. The third kappa shape index (κ3) is 7.97. The number of unbranched alkanes of at least 4 members (excludes halogenated alkanes) is 9. The lowest BCUT2D eigenvalue weighted by atomic mass is 10.1. The van der Waals surface area contributed by atoms with E-state index in [9.17, 15) is 0 Å². The van der Waals surface area contributed by atoms with Gasteiger partial charge in [0.25, 0.3) is 0 Å². The summed E-state index contributed by atoms with van der Waals surface area (Å²) in [5.74, 6) is 0. The van der Waals surface area contributed by atoms with Gasteiger partial charge in [0.05, 0.1) is 5.21 Å². The predicted molar refractivity (Wildman–Crippen MR) is 130 cm³/mol. The summed E-state index contributed by atoms with van der Waals surface area (Å²) in [6.07, 6.45) is 17.0. The standard InChI is InChI=1S/C28H40N3/c1-3-4-5-6-7-8-9-10-11-15-18-28-24-31(27-21-19-25(2)20-22-27)29-30(28)23-26-16-13-12-14-17-26/h12-14,16-17,19-22,24H,3-11,15,18,23H2,1-2H3/q+1. The van der Waals surface area contributed by atoms with Crippen molar-refractivity contribution in [3.05, 3.63) is 77.6 Å². The van der Waals surface area contributed by atoms with Gasteiger partial charge in [-0.2, -0.15) is 0 Å². The van der Waals surface area contributed by atoms with E-state index in [1.165, 1.54) is 81.0 Å². The summed E-state index contributed by atoms with van der Waals surface area (Å²) in [6.45, 7) is 5.24. The first-order valence-corrected chi connectivity index (χ1v) is 12.4. The summed E-state index contributed by atoms with van der Waals surface area (Å²) < 4.78 is 4.22. The maximum absolute atomic E-state index is 4.90. The van der Waals surface area contributed by atoms with Crippen LogP contribution in [-0.4, -0.2) is 9.90 Å². The van der Waals surface area contributed by atoms with Crippen LogP contribution in [0.15, 0.2) is 60.8 Å². The molecule has 1 heterocycles. The van der Waals surface area contributed by atoms with Gasteiger partial charge in [0.15, 0.2) is 17.6 Å². The van der Waals surface area contributed by atoms with E-state index in [4.69, 9.17) is 5.21 Å². The number of hydrogen-bond acceptors (Lipinski definition) is 1. The van der Waals surface area contributed by atoms with Gasteiger partial charge in [0, 0.05) is 6.42 Å². The molecule has 0 saturated carbocycles. The van der Waals surface area contributed by atoms with Crippen LogP contribution in [0.2, 0.25) is 0 Å². The summed E-state index contributed by atoms with van der Waals surface area (Å²) in [5, 5.41) is 4.90. The Morgan fingerprint density at radius 1 is 0.742 bits per heavy atom. The highest BCUT2D eigenvalue weighted by Gasteiger charge is 2.17. The van der Waals surface area contributed by atoms with E-state index in [-0.39, 0.29) is 0 Å². The second-order valence-electron chi connectivity index (χ2n) is 8.87. The minimum absolute atomic E-state index is 0.826. The van der Waals surface area contributed by atoms with Crippen LogP contribution in [0.3, 0.4) is 0 Å². The second-order valence-corrected chi connectivity index (χ2v) is 8.87. The Bertz CT molecular complexity index is 865. The van der Waals surface area contributed by atoms with E-state index in [1.54, 1.807) is 0 Å². The third-order valence-electron chi connectivity index (χ3n) is 6.07. The third-order valence-corrected chi connectivity index (χ3v) is 6.07. The molecule has 0 aliphatic heterocycles. The highest BCUT2D eigenvalue weighted by atomic mass is 15.5. The van der Waals surface area contributed by atoms with Gasteiger partial charge in [-0.25, -0.2) is 0 Å². The molecule has 0 aliphatic rings. The Morgan fingerprint density at radius 3 is 2.00 bits per heavy atom. The van der Waals surface area contributed by atoms with Gasteiger partial charge in [0.1, 0.15) is 6.54 Å². The lowest BCUT2D eigenvalue weighted by molar-refractivity contribution is -0.661. The SMILES string of the molecule is CCCCCCCCCCCCc1c[n+](-c2ccc(C)cc2)nn1Cc1ccccc1. The quantitative estimate of drug-likeness (QED) is 0.204. The second kappa shape index (κ2) is 13.1. The Balaban J connectivity index is 1.53. The van der Waals surface area contributed by atoms with Crippen molar-refractivity contribution in [1.29, 1.82) is 0 Å². The van der Waals surface area contributed by atoms with E-state index >= 15 is 0 Å². The minimum atomic E-state index is 0.826. The smallest absolute Gasteiger partial charge is 0.129 e. The van der Waals surface area contributed by atoms with Gasteiger partial charge in [-0.1, -0.05) is 113 Å². The summed E-state index contributed by atoms with van der Waals surface area (Å²) in [6, 6.07) is 19.3. The van der Waals surface area contributed by atoms with Crippen LogP contribution in [0.1, 0.15) is 88.0 Å². The summed E-state index contributed by atoms with van der Waals surface area (Å²) >= 11 is 0. The first-order valence-electron chi connectivity index (χ1n) is 12.4. The molecule has 2 aromatic carbocycles. The molecule has 0 amide bonds. The number of aromatic nitrogens is 3. The Kier molecular flexibility index (Phi) is 9.82. The summed E-state index contributed by atoms with van der Waals surface area (Å²) in [7, 11) is 0. The monoisotopic (exact) mass is 418 g/mol. The van der Waals surface area contributed by atoms with Crippen molar-refractivity contribution in [2.24, 2.45) is 0 Å². The molecule has 1 aromatic heterocycles. The molecule has 0 radical (unpaired) electrons. The molecule has 166 valence electrons. The first-order chi connectivity index (χ1) is 15.3. The number of rotatable bonds is 14. The van der Waals surface area contributed by atoms with Crippen LogP contribution in [0.5, 0.6) is 0 Å². The molecular weight excluding hydrogens is 378 g/mol. The number of nitrogens with zero attached hydrogens (tertiary/aromatic N) is 3. The molecule has 0 bridgehead atoms. The van der Waals surface area contributed by atoms with E-state index in [1.807, 2.05) is 4.68 Å². The average molecular weight is 419 g/mol. The lowest BCUT2D eigenvalue weighted by Gasteiger charge is -2.02. The topological polar surface area (TPSA) is 21.7 Å². The molecule has 0 fully saturated rings. The fourth-order valence-corrected chi connectivity index (χ4v) is 4.11. The van der Waals surface area contributed by atoms with Crippen LogP contribution < -0.4 is 4.68 Å². The maximum atomic E-state index is 4.90. The minimum Gasteiger partial charge on any atom is -0.129 e. The fourth-order valence-electron chi connectivity index (χ4n) is 4.11. The Hall–Kier alpha value is -2.42. The molecule has 0 saturated heterocycles. The highest BCUT2D eigenvalue weighted by molar-refractivity contribution is 5.26. The normalized spacial score (nSPS) is 11.2. The van der Waals surface area contributed by atoms with Crippen LogP contribution in [0.25, 0.3) is 5.69 Å². The van der Waals surface area contributed by atoms with Crippen molar-refractivity contribution >= 4 is 0 Å². The molecule has 3 aromatic rings. The van der Waals surface area contributed by atoms with Crippen LogP contribution in [0.4, 0.5) is 0 Å². The molecule has 3 rings (SSSR count). The van der Waals surface area contributed by atoms with Gasteiger partial charge >= 0.3 is 0 Å². The van der Waals surface area contributed by atoms with Crippen molar-refractivity contribution in [3.63, 3.8) is 0 Å². The van der Waals surface area contributed by atoms with Gasteiger partial charge < -0.3 is 0 Å². The van der Waals surface area contributed by atoms with Crippen molar-refractivity contribution in [2.75, 3.05) is 0 Å². The van der Waals surface area contributed by atoms with E-state index in [2.05, 4.69) is 79.3 Å². The van der Waals surface area contributed by atoms with Crippen molar-refractivity contribution in [1.82, 2.24) is 9.90 Å². The molecule has 0 unspecified atom stereocenters. The first kappa shape index (κ1) is 23.2. The zero-order chi connectivity index (χ0) is 21.7. The zero-order valence-electron chi connectivity index (χ0n) is 19.6. The highest BCUT2D eigenvalue weighted by Crippen LogP contribution is 2.13. The molecular formula is C28H40N3+. The van der Waals surface area contributed by atoms with E-state index < -0.39 is 0 Å². The Labute approximate surface area is 189 Å². The van der Waals surface area contributed by atoms with E-state index in [0.717, 1.165) is 18.7 Å². The molecule has 0 N–H and O–H groups in total. The number of hydrogen-bond donors (Lipinski definition) is 0. The van der Waals surface area contributed by atoms with Crippen molar-refractivity contribution in [3.8, 4) is 5.69 Å². The summed E-state index contributed by atoms with van der Waals surface area (Å²) in [4.78, 5) is 0. The van der Waals surface area contributed by atoms with Gasteiger partial charge in [0.2, 0.25) is 0 Å². The summed E-state index contributed by atoms with van der Waals surface area (Å²) in [5.41, 5.74) is 5.02. The van der Waals surface area contributed by atoms with Crippen LogP contribution >= 0.6 is 0 Å². The lowest BCUT2D eigenvalue weighted by Crippen LogP contribution is -2.33. The molecule has 0 atom stereocenters. The van der Waals surface area contributed by atoms with E-state index in [0.29, 0.717) is 0 Å². The van der Waals surface area contributed by atoms with Crippen LogP contribution in [-0.2, 0) is 13.0 Å². The average Bonchev–Trinajstić information content (AvgIpc) is 3.18. The molecule has 3 nitrogen and oxygen atoms in total. The maximum Gasteiger partial charge on any atom is 0.168 e. The molecule has 0 spiro atoms. The van der Waals surface area contributed by atoms with Crippen molar-refractivity contribution < 1.29 is 4.68 Å². The number of benzene rings is 2. The fraction of sp³-hybridized carbons (Fsp3) is 0.500.